The number of hydrogen-bond donors (Lipinski definition) is 1. The van der Waals surface area contributed by atoms with Crippen LogP contribution in [0.4, 0.5) is 5.69 Å². The van der Waals surface area contributed by atoms with Crippen molar-refractivity contribution in [2.45, 2.75) is 20.4 Å². The van der Waals surface area contributed by atoms with Gasteiger partial charge in [-0.1, -0.05) is 42.5 Å². The lowest BCUT2D eigenvalue weighted by Crippen LogP contribution is -2.39. The van der Waals surface area contributed by atoms with Gasteiger partial charge in [0.25, 0.3) is 0 Å². The van der Waals surface area contributed by atoms with Crippen LogP contribution in [0.3, 0.4) is 0 Å². The molecule has 5 nitrogen and oxygen atoms in total. The van der Waals surface area contributed by atoms with Crippen molar-refractivity contribution in [1.29, 1.82) is 0 Å². The molecule has 126 valence electrons. The molecule has 5 heteroatoms. The number of carbonyl (C=O) groups excluding carboxylic acids is 2. The number of ether oxygens (including phenoxy) is 1. The lowest BCUT2D eigenvalue weighted by atomic mass is 10.2. The zero-order valence-corrected chi connectivity index (χ0v) is 14.0. The van der Waals surface area contributed by atoms with Crippen molar-refractivity contribution in [3.05, 3.63) is 60.2 Å². The normalized spacial score (nSPS) is 10.1. The summed E-state index contributed by atoms with van der Waals surface area (Å²) in [6.07, 6.45) is 0. The van der Waals surface area contributed by atoms with Gasteiger partial charge in [-0.05, 0) is 31.5 Å². The SMILES string of the molecule is CCOc1ccccc1NC(=O)C(=O)N(CC)Cc1ccccc1. The molecule has 0 heterocycles. The molecule has 0 atom stereocenters. The summed E-state index contributed by atoms with van der Waals surface area (Å²) in [4.78, 5) is 26.2. The summed E-state index contributed by atoms with van der Waals surface area (Å²) in [6, 6.07) is 16.7. The number of benzene rings is 2. The van der Waals surface area contributed by atoms with E-state index >= 15 is 0 Å². The minimum absolute atomic E-state index is 0.400. The van der Waals surface area contributed by atoms with Crippen LogP contribution in [0.2, 0.25) is 0 Å². The van der Waals surface area contributed by atoms with E-state index in [1.165, 1.54) is 4.90 Å². The Bertz CT molecular complexity index is 686. The summed E-state index contributed by atoms with van der Waals surface area (Å²) in [5.41, 5.74) is 1.48. The molecule has 0 saturated carbocycles. The molecule has 0 spiro atoms. The van der Waals surface area contributed by atoms with Gasteiger partial charge in [-0.25, -0.2) is 0 Å². The van der Waals surface area contributed by atoms with Gasteiger partial charge >= 0.3 is 11.8 Å². The molecule has 24 heavy (non-hydrogen) atoms. The average Bonchev–Trinajstić information content (AvgIpc) is 2.62. The maximum absolute atomic E-state index is 12.4. The Hall–Kier alpha value is -2.82. The van der Waals surface area contributed by atoms with Gasteiger partial charge in [0.1, 0.15) is 5.75 Å². The minimum Gasteiger partial charge on any atom is -0.492 e. The third-order valence-electron chi connectivity index (χ3n) is 3.51. The van der Waals surface area contributed by atoms with Crippen LogP contribution >= 0.6 is 0 Å². The smallest absolute Gasteiger partial charge is 0.314 e. The van der Waals surface area contributed by atoms with Gasteiger partial charge in [0.2, 0.25) is 0 Å². The molecule has 0 aliphatic heterocycles. The van der Waals surface area contributed by atoms with Gasteiger partial charge in [0, 0.05) is 13.1 Å². The summed E-state index contributed by atoms with van der Waals surface area (Å²) >= 11 is 0. The number of hydrogen-bond acceptors (Lipinski definition) is 3. The molecule has 0 aliphatic rings. The molecular formula is C19H22N2O3. The van der Waals surface area contributed by atoms with Gasteiger partial charge in [0.15, 0.2) is 0 Å². The number of likely N-dealkylation sites (N-methyl/N-ethyl adjacent to an activating group) is 1. The molecule has 0 aliphatic carbocycles. The molecule has 2 aromatic rings. The zero-order valence-electron chi connectivity index (χ0n) is 14.0. The topological polar surface area (TPSA) is 58.6 Å². The second kappa shape index (κ2) is 8.72. The molecule has 0 saturated heterocycles. The van der Waals surface area contributed by atoms with Crippen molar-refractivity contribution >= 4 is 17.5 Å². The van der Waals surface area contributed by atoms with E-state index in [1.807, 2.05) is 50.2 Å². The number of nitrogens with zero attached hydrogens (tertiary/aromatic N) is 1. The standard InChI is InChI=1S/C19H22N2O3/c1-3-21(14-15-10-6-5-7-11-15)19(23)18(22)20-16-12-8-9-13-17(16)24-4-2/h5-13H,3-4,14H2,1-2H3,(H,20,22). The monoisotopic (exact) mass is 326 g/mol. The van der Waals surface area contributed by atoms with Crippen LogP contribution in [0.15, 0.2) is 54.6 Å². The van der Waals surface area contributed by atoms with Crippen LogP contribution in [0, 0.1) is 0 Å². The predicted molar refractivity (Wildman–Crippen MR) is 93.8 cm³/mol. The van der Waals surface area contributed by atoms with E-state index in [1.54, 1.807) is 18.2 Å². The Morgan fingerprint density at radius 1 is 1.00 bits per heavy atom. The van der Waals surface area contributed by atoms with Gasteiger partial charge < -0.3 is 15.0 Å². The summed E-state index contributed by atoms with van der Waals surface area (Å²) in [6.45, 7) is 5.05. The first kappa shape index (κ1) is 17.5. The highest BCUT2D eigenvalue weighted by atomic mass is 16.5. The van der Waals surface area contributed by atoms with Gasteiger partial charge in [-0.3, -0.25) is 9.59 Å². The Morgan fingerprint density at radius 2 is 1.67 bits per heavy atom. The average molecular weight is 326 g/mol. The second-order valence-corrected chi connectivity index (χ2v) is 5.19. The maximum atomic E-state index is 12.4. The number of anilines is 1. The van der Waals surface area contributed by atoms with E-state index in [0.29, 0.717) is 31.1 Å². The summed E-state index contributed by atoms with van der Waals surface area (Å²) < 4.78 is 5.46. The number of nitrogens with one attached hydrogen (secondary N) is 1. The molecular weight excluding hydrogens is 304 g/mol. The Balaban J connectivity index is 2.06. The van der Waals surface area contributed by atoms with Crippen LogP contribution in [-0.2, 0) is 16.1 Å². The van der Waals surface area contributed by atoms with E-state index < -0.39 is 11.8 Å². The molecule has 1 N–H and O–H groups in total. The van der Waals surface area contributed by atoms with E-state index in [-0.39, 0.29) is 0 Å². The minimum atomic E-state index is -0.667. The third-order valence-corrected chi connectivity index (χ3v) is 3.51. The molecule has 2 amide bonds. The van der Waals surface area contributed by atoms with Crippen LogP contribution in [0.25, 0.3) is 0 Å². The van der Waals surface area contributed by atoms with Crippen molar-refractivity contribution in [3.8, 4) is 5.75 Å². The summed E-state index contributed by atoms with van der Waals surface area (Å²) in [5.74, 6) is -0.681. The molecule has 0 fully saturated rings. The lowest BCUT2D eigenvalue weighted by Gasteiger charge is -2.20. The van der Waals surface area contributed by atoms with Crippen molar-refractivity contribution < 1.29 is 14.3 Å². The first-order chi connectivity index (χ1) is 11.7. The molecule has 2 rings (SSSR count). The molecule has 0 unspecified atom stereocenters. The van der Waals surface area contributed by atoms with Crippen molar-refractivity contribution in [1.82, 2.24) is 4.90 Å². The van der Waals surface area contributed by atoms with Crippen molar-refractivity contribution in [2.24, 2.45) is 0 Å². The van der Waals surface area contributed by atoms with Crippen LogP contribution < -0.4 is 10.1 Å². The highest BCUT2D eigenvalue weighted by Gasteiger charge is 2.21. The Labute approximate surface area is 142 Å². The molecule has 2 aromatic carbocycles. The quantitative estimate of drug-likeness (QED) is 0.830. The Morgan fingerprint density at radius 3 is 2.33 bits per heavy atom. The molecule has 0 bridgehead atoms. The Kier molecular flexibility index (Phi) is 6.37. The summed E-state index contributed by atoms with van der Waals surface area (Å²) in [5, 5.41) is 2.64. The predicted octanol–water partition coefficient (Wildman–Crippen LogP) is 3.07. The molecule has 0 aromatic heterocycles. The first-order valence-corrected chi connectivity index (χ1v) is 8.01. The maximum Gasteiger partial charge on any atom is 0.314 e. The third kappa shape index (κ3) is 4.59. The largest absolute Gasteiger partial charge is 0.492 e. The first-order valence-electron chi connectivity index (χ1n) is 8.01. The second-order valence-electron chi connectivity index (χ2n) is 5.19. The fourth-order valence-corrected chi connectivity index (χ4v) is 2.30. The zero-order chi connectivity index (χ0) is 17.4. The molecule has 0 radical (unpaired) electrons. The number of para-hydroxylation sites is 2. The number of amides is 2. The van der Waals surface area contributed by atoms with Crippen LogP contribution in [0.5, 0.6) is 5.75 Å². The van der Waals surface area contributed by atoms with Gasteiger partial charge in [-0.2, -0.15) is 0 Å². The van der Waals surface area contributed by atoms with E-state index in [2.05, 4.69) is 5.32 Å². The van der Waals surface area contributed by atoms with Crippen molar-refractivity contribution in [3.63, 3.8) is 0 Å². The van der Waals surface area contributed by atoms with Crippen molar-refractivity contribution in [2.75, 3.05) is 18.5 Å². The van der Waals surface area contributed by atoms with Crippen LogP contribution in [0.1, 0.15) is 19.4 Å². The number of carbonyl (C=O) groups is 2. The van der Waals surface area contributed by atoms with Gasteiger partial charge in [-0.15, -0.1) is 0 Å². The van der Waals surface area contributed by atoms with Crippen LogP contribution in [-0.4, -0.2) is 29.9 Å². The lowest BCUT2D eigenvalue weighted by molar-refractivity contribution is -0.143. The van der Waals surface area contributed by atoms with E-state index in [9.17, 15) is 9.59 Å². The summed E-state index contributed by atoms with van der Waals surface area (Å²) in [7, 11) is 0. The highest BCUT2D eigenvalue weighted by Crippen LogP contribution is 2.23. The highest BCUT2D eigenvalue weighted by molar-refractivity contribution is 6.39. The van der Waals surface area contributed by atoms with Gasteiger partial charge in [0.05, 0.1) is 12.3 Å². The van der Waals surface area contributed by atoms with E-state index in [0.717, 1.165) is 5.56 Å². The fraction of sp³-hybridized carbons (Fsp3) is 0.263. The number of rotatable bonds is 6. The fourth-order valence-electron chi connectivity index (χ4n) is 2.30. The van der Waals surface area contributed by atoms with E-state index in [4.69, 9.17) is 4.74 Å².